The molecule has 0 atom stereocenters. The van der Waals surface area contributed by atoms with Crippen molar-refractivity contribution in [1.82, 2.24) is 19.9 Å². The molecule has 0 saturated heterocycles. The summed E-state index contributed by atoms with van der Waals surface area (Å²) in [5.74, 6) is -1.57. The van der Waals surface area contributed by atoms with Gasteiger partial charge in [-0.2, -0.15) is 0 Å². The van der Waals surface area contributed by atoms with Crippen molar-refractivity contribution < 1.29 is 14.4 Å². The molecule has 0 unspecified atom stereocenters. The summed E-state index contributed by atoms with van der Waals surface area (Å²) in [6, 6.07) is 46.6. The lowest BCUT2D eigenvalue weighted by molar-refractivity contribution is -0.119. The number of nitrogens with zero attached hydrogens (tertiary/aromatic N) is 2. The number of H-pyrrole nitrogens is 2. The number of hydrogen-bond donors (Lipinski definition) is 3. The summed E-state index contributed by atoms with van der Waals surface area (Å²) in [6.07, 6.45) is 11.6. The third-order valence-corrected chi connectivity index (χ3v) is 10.6. The molecule has 8 heteroatoms. The lowest BCUT2D eigenvalue weighted by Crippen LogP contribution is -2.22. The van der Waals surface area contributed by atoms with E-state index < -0.39 is 17.5 Å². The van der Waals surface area contributed by atoms with Crippen molar-refractivity contribution in [2.75, 3.05) is 5.32 Å². The standard InChI is InChI=1S/C51H33N5O3/c57-36-20-29-46(58)37(30-36)51(59)52-35-18-16-34(17-19-35)50-44-27-25-42(55-44)48(32-12-6-2-7-13-32)40-23-21-38(53-40)47(31-10-4-1-5-11-31)39-22-24-41(54-39)49(33-14-8-3-9-15-33)43-26-28-45(50)56-43/h1-30,53,56H,(H,52,59). The second-order valence-corrected chi connectivity index (χ2v) is 14.3. The van der Waals surface area contributed by atoms with Gasteiger partial charge in [-0.15, -0.1) is 0 Å². The molecule has 5 heterocycles. The summed E-state index contributed by atoms with van der Waals surface area (Å²) < 4.78 is 0. The van der Waals surface area contributed by atoms with Gasteiger partial charge in [0.2, 0.25) is 0 Å². The van der Waals surface area contributed by atoms with Crippen LogP contribution in [-0.2, 0) is 14.4 Å². The zero-order valence-electron chi connectivity index (χ0n) is 31.4. The Morgan fingerprint density at radius 3 is 1.19 bits per heavy atom. The van der Waals surface area contributed by atoms with Crippen LogP contribution in [0.4, 0.5) is 5.69 Å². The number of rotatable bonds is 6. The smallest absolute Gasteiger partial charge is 0.259 e. The van der Waals surface area contributed by atoms with E-state index in [4.69, 9.17) is 9.97 Å². The number of ketones is 2. The summed E-state index contributed by atoms with van der Waals surface area (Å²) in [4.78, 5) is 55.5. The molecule has 10 rings (SSSR count). The maximum Gasteiger partial charge on any atom is 0.259 e. The number of aromatic amines is 2. The van der Waals surface area contributed by atoms with Crippen LogP contribution >= 0.6 is 0 Å². The molecule has 1 aliphatic carbocycles. The maximum atomic E-state index is 13.0. The van der Waals surface area contributed by atoms with Crippen LogP contribution in [0.1, 0.15) is 22.8 Å². The molecule has 59 heavy (non-hydrogen) atoms. The summed E-state index contributed by atoms with van der Waals surface area (Å²) >= 11 is 0. The number of nitrogens with one attached hydrogen (secondary N) is 3. The van der Waals surface area contributed by atoms with Crippen molar-refractivity contribution in [2.45, 2.75) is 0 Å². The van der Waals surface area contributed by atoms with Crippen molar-refractivity contribution >= 4 is 69.5 Å². The van der Waals surface area contributed by atoms with E-state index >= 15 is 0 Å². The average Bonchev–Trinajstić information content (AvgIpc) is 4.12. The van der Waals surface area contributed by atoms with E-state index in [0.717, 1.165) is 108 Å². The number of carbonyl (C=O) groups is 3. The Bertz CT molecular complexity index is 3110. The number of anilines is 1. The van der Waals surface area contributed by atoms with Crippen LogP contribution < -0.4 is 5.32 Å². The van der Waals surface area contributed by atoms with Gasteiger partial charge in [0, 0.05) is 56.1 Å². The number of aromatic nitrogens is 4. The Hall–Kier alpha value is -8.23. The van der Waals surface area contributed by atoms with Crippen LogP contribution in [0.5, 0.6) is 0 Å². The van der Waals surface area contributed by atoms with Gasteiger partial charge in [0.1, 0.15) is 0 Å². The molecule has 0 radical (unpaired) electrons. The number of carbonyl (C=O) groups excluding carboxylic acids is 3. The average molecular weight is 764 g/mol. The molecule has 280 valence electrons. The van der Waals surface area contributed by atoms with Crippen LogP contribution in [0, 0.1) is 0 Å². The molecular weight excluding hydrogens is 731 g/mol. The first-order valence-corrected chi connectivity index (χ1v) is 19.2. The Morgan fingerprint density at radius 2 is 0.797 bits per heavy atom. The third-order valence-electron chi connectivity index (χ3n) is 10.6. The van der Waals surface area contributed by atoms with Gasteiger partial charge in [-0.3, -0.25) is 14.4 Å². The van der Waals surface area contributed by atoms with E-state index in [9.17, 15) is 14.4 Å². The molecule has 7 aromatic rings. The van der Waals surface area contributed by atoms with Gasteiger partial charge in [0.15, 0.2) is 11.6 Å². The molecule has 8 bridgehead atoms. The molecule has 1 amide bonds. The normalized spacial score (nSPS) is 13.1. The number of hydrogen-bond acceptors (Lipinski definition) is 5. The molecule has 8 nitrogen and oxygen atoms in total. The third kappa shape index (κ3) is 6.64. The van der Waals surface area contributed by atoms with Gasteiger partial charge < -0.3 is 15.3 Å². The highest BCUT2D eigenvalue weighted by Crippen LogP contribution is 2.38. The Labute approximate surface area is 338 Å². The van der Waals surface area contributed by atoms with Gasteiger partial charge in [0.25, 0.3) is 5.91 Å². The van der Waals surface area contributed by atoms with Crippen LogP contribution in [0.15, 0.2) is 163 Å². The number of benzene rings is 4. The van der Waals surface area contributed by atoms with E-state index in [1.54, 1.807) is 12.1 Å². The molecule has 0 fully saturated rings. The molecule has 0 saturated carbocycles. The van der Waals surface area contributed by atoms with E-state index in [1.165, 1.54) is 0 Å². The largest absolute Gasteiger partial charge is 0.354 e. The summed E-state index contributed by atoms with van der Waals surface area (Å²) in [7, 11) is 0. The fourth-order valence-electron chi connectivity index (χ4n) is 7.84. The van der Waals surface area contributed by atoms with Crippen molar-refractivity contribution in [3.8, 4) is 44.5 Å². The summed E-state index contributed by atoms with van der Waals surface area (Å²) in [5.41, 5.74) is 14.6. The summed E-state index contributed by atoms with van der Waals surface area (Å²) in [5, 5.41) is 2.77. The minimum absolute atomic E-state index is 0.202. The Morgan fingerprint density at radius 1 is 0.424 bits per heavy atom. The van der Waals surface area contributed by atoms with Gasteiger partial charge in [-0.1, -0.05) is 103 Å². The number of fused-ring (bicyclic) bond motifs is 8. The minimum Gasteiger partial charge on any atom is -0.354 e. The first-order chi connectivity index (χ1) is 29.0. The molecule has 3 N–H and O–H groups in total. The van der Waals surface area contributed by atoms with Crippen molar-refractivity contribution in [3.05, 3.63) is 186 Å². The SMILES string of the molecule is O=C1C=CC(=O)C(C(=O)Nc2ccc(-c3c4nc(c(-c5ccccc5)c5ccc([nH]5)c(-c5ccccc5)c5nc(c(-c6ccccc6)c6ccc3[nH]6)C=C5)C=C4)cc2)=C1. The van der Waals surface area contributed by atoms with Gasteiger partial charge in [0.05, 0.1) is 28.3 Å². The number of amides is 1. The molecule has 3 aliphatic rings. The van der Waals surface area contributed by atoms with Crippen LogP contribution in [0.25, 0.3) is 90.9 Å². The zero-order valence-corrected chi connectivity index (χ0v) is 31.4. The Balaban J connectivity index is 1.24. The van der Waals surface area contributed by atoms with Crippen molar-refractivity contribution in [2.24, 2.45) is 0 Å². The molecule has 2 aliphatic heterocycles. The maximum absolute atomic E-state index is 13.0. The molecular formula is C51H33N5O3. The predicted molar refractivity (Wildman–Crippen MR) is 236 cm³/mol. The molecule has 4 aromatic carbocycles. The Kier molecular flexibility index (Phi) is 8.76. The second-order valence-electron chi connectivity index (χ2n) is 14.3. The zero-order chi connectivity index (χ0) is 39.9. The topological polar surface area (TPSA) is 121 Å². The first-order valence-electron chi connectivity index (χ1n) is 19.2. The van der Waals surface area contributed by atoms with Crippen LogP contribution in [0.3, 0.4) is 0 Å². The molecule has 0 spiro atoms. The summed E-state index contributed by atoms with van der Waals surface area (Å²) in [6.45, 7) is 0. The fourth-order valence-corrected chi connectivity index (χ4v) is 7.84. The minimum atomic E-state index is -0.646. The van der Waals surface area contributed by atoms with Crippen LogP contribution in [-0.4, -0.2) is 37.4 Å². The predicted octanol–water partition coefficient (Wildman–Crippen LogP) is 10.9. The van der Waals surface area contributed by atoms with E-state index in [1.807, 2.05) is 78.9 Å². The van der Waals surface area contributed by atoms with Gasteiger partial charge in [-0.05, 0) is 95.1 Å². The van der Waals surface area contributed by atoms with Crippen LogP contribution in [0.2, 0.25) is 0 Å². The quantitative estimate of drug-likeness (QED) is 0.115. The lowest BCUT2D eigenvalue weighted by Gasteiger charge is -2.10. The monoisotopic (exact) mass is 763 g/mol. The molecule has 3 aromatic heterocycles. The van der Waals surface area contributed by atoms with Gasteiger partial charge >= 0.3 is 0 Å². The highest BCUT2D eigenvalue weighted by molar-refractivity contribution is 6.32. The van der Waals surface area contributed by atoms with E-state index in [0.29, 0.717) is 5.69 Å². The van der Waals surface area contributed by atoms with Crippen molar-refractivity contribution in [3.63, 3.8) is 0 Å². The number of allylic oxidation sites excluding steroid dienone is 3. The second kappa shape index (κ2) is 14.7. The highest BCUT2D eigenvalue weighted by Gasteiger charge is 2.22. The van der Waals surface area contributed by atoms with Crippen molar-refractivity contribution in [1.29, 1.82) is 0 Å². The highest BCUT2D eigenvalue weighted by atomic mass is 16.2. The first kappa shape index (κ1) is 35.2. The lowest BCUT2D eigenvalue weighted by atomic mass is 10.0. The van der Waals surface area contributed by atoms with Gasteiger partial charge in [-0.25, -0.2) is 9.97 Å². The van der Waals surface area contributed by atoms with E-state index in [-0.39, 0.29) is 5.57 Å². The van der Waals surface area contributed by atoms with E-state index in [2.05, 4.69) is 88.1 Å². The fraction of sp³-hybridized carbons (Fsp3) is 0.